The van der Waals surface area contributed by atoms with Gasteiger partial charge in [-0.15, -0.1) is 0 Å². The number of carbonyl (C=O) groups is 1. The first-order chi connectivity index (χ1) is 8.76. The lowest BCUT2D eigenvalue weighted by atomic mass is 10.3. The monoisotopic (exact) mass is 249 g/mol. The Morgan fingerprint density at radius 3 is 2.61 bits per heavy atom. The Labute approximate surface area is 109 Å². The SMILES string of the molecule is CCCN(CCC)CC(=O)NCc1cccnc1. The van der Waals surface area contributed by atoms with Gasteiger partial charge >= 0.3 is 0 Å². The van der Waals surface area contributed by atoms with Crippen LogP contribution < -0.4 is 5.32 Å². The number of carbonyl (C=O) groups excluding carboxylic acids is 1. The van der Waals surface area contributed by atoms with Gasteiger partial charge < -0.3 is 5.32 Å². The van der Waals surface area contributed by atoms with E-state index in [9.17, 15) is 4.79 Å². The minimum atomic E-state index is 0.0840. The first-order valence-electron chi connectivity index (χ1n) is 6.64. The molecule has 1 aromatic rings. The molecule has 0 saturated heterocycles. The summed E-state index contributed by atoms with van der Waals surface area (Å²) >= 11 is 0. The van der Waals surface area contributed by atoms with Gasteiger partial charge in [0.1, 0.15) is 0 Å². The third-order valence-electron chi connectivity index (χ3n) is 2.66. The average molecular weight is 249 g/mol. The van der Waals surface area contributed by atoms with Crippen LogP contribution in [-0.4, -0.2) is 35.4 Å². The fraction of sp³-hybridized carbons (Fsp3) is 0.571. The zero-order chi connectivity index (χ0) is 13.2. The van der Waals surface area contributed by atoms with E-state index in [1.54, 1.807) is 12.4 Å². The van der Waals surface area contributed by atoms with Gasteiger partial charge in [-0.3, -0.25) is 14.7 Å². The van der Waals surface area contributed by atoms with Gasteiger partial charge in [0.15, 0.2) is 0 Å². The largest absolute Gasteiger partial charge is 0.351 e. The van der Waals surface area contributed by atoms with Gasteiger partial charge in [0.2, 0.25) is 5.91 Å². The minimum absolute atomic E-state index is 0.0840. The number of pyridine rings is 1. The highest BCUT2D eigenvalue weighted by Gasteiger charge is 2.08. The third kappa shape index (κ3) is 5.77. The van der Waals surface area contributed by atoms with Crippen molar-refractivity contribution in [2.24, 2.45) is 0 Å². The van der Waals surface area contributed by atoms with Crippen LogP contribution in [0.3, 0.4) is 0 Å². The van der Waals surface area contributed by atoms with E-state index in [1.807, 2.05) is 12.1 Å². The van der Waals surface area contributed by atoms with Crippen molar-refractivity contribution in [3.63, 3.8) is 0 Å². The quantitative estimate of drug-likeness (QED) is 0.764. The Balaban J connectivity index is 2.31. The predicted molar refractivity (Wildman–Crippen MR) is 73.1 cm³/mol. The van der Waals surface area contributed by atoms with Gasteiger partial charge in [0.25, 0.3) is 0 Å². The molecule has 100 valence electrons. The zero-order valence-corrected chi connectivity index (χ0v) is 11.4. The highest BCUT2D eigenvalue weighted by atomic mass is 16.2. The molecule has 0 aliphatic carbocycles. The second-order valence-electron chi connectivity index (χ2n) is 4.41. The molecular weight excluding hydrogens is 226 g/mol. The van der Waals surface area contributed by atoms with E-state index in [-0.39, 0.29) is 5.91 Å². The van der Waals surface area contributed by atoms with E-state index in [1.165, 1.54) is 0 Å². The topological polar surface area (TPSA) is 45.2 Å². The number of nitrogens with one attached hydrogen (secondary N) is 1. The molecule has 18 heavy (non-hydrogen) atoms. The summed E-state index contributed by atoms with van der Waals surface area (Å²) < 4.78 is 0. The van der Waals surface area contributed by atoms with Gasteiger partial charge in [0, 0.05) is 18.9 Å². The van der Waals surface area contributed by atoms with Crippen molar-refractivity contribution >= 4 is 5.91 Å². The third-order valence-corrected chi connectivity index (χ3v) is 2.66. The maximum atomic E-state index is 11.8. The number of rotatable bonds is 8. The first kappa shape index (κ1) is 14.6. The van der Waals surface area contributed by atoms with Crippen molar-refractivity contribution in [3.8, 4) is 0 Å². The highest BCUT2D eigenvalue weighted by molar-refractivity contribution is 5.77. The van der Waals surface area contributed by atoms with Gasteiger partial charge in [-0.1, -0.05) is 19.9 Å². The summed E-state index contributed by atoms with van der Waals surface area (Å²) in [4.78, 5) is 18.0. The van der Waals surface area contributed by atoms with Crippen molar-refractivity contribution in [3.05, 3.63) is 30.1 Å². The van der Waals surface area contributed by atoms with Crippen molar-refractivity contribution in [2.75, 3.05) is 19.6 Å². The van der Waals surface area contributed by atoms with Crippen LogP contribution in [-0.2, 0) is 11.3 Å². The number of amides is 1. The van der Waals surface area contributed by atoms with Crippen molar-refractivity contribution < 1.29 is 4.79 Å². The Kier molecular flexibility index (Phi) is 7.03. The molecule has 0 saturated carbocycles. The van der Waals surface area contributed by atoms with E-state index >= 15 is 0 Å². The van der Waals surface area contributed by atoms with Gasteiger partial charge in [-0.2, -0.15) is 0 Å². The van der Waals surface area contributed by atoms with Crippen LogP contribution in [0.5, 0.6) is 0 Å². The minimum Gasteiger partial charge on any atom is -0.351 e. The fourth-order valence-corrected chi connectivity index (χ4v) is 1.86. The summed E-state index contributed by atoms with van der Waals surface area (Å²) in [5, 5.41) is 2.93. The molecule has 1 heterocycles. The smallest absolute Gasteiger partial charge is 0.234 e. The summed E-state index contributed by atoms with van der Waals surface area (Å²) in [5.74, 6) is 0.0840. The molecule has 0 unspecified atom stereocenters. The molecule has 1 aromatic heterocycles. The van der Waals surface area contributed by atoms with Gasteiger partial charge in [0.05, 0.1) is 6.54 Å². The van der Waals surface area contributed by atoms with Crippen LogP contribution >= 0.6 is 0 Å². The summed E-state index contributed by atoms with van der Waals surface area (Å²) in [7, 11) is 0. The van der Waals surface area contributed by atoms with Crippen molar-refractivity contribution in [1.82, 2.24) is 15.2 Å². The van der Waals surface area contributed by atoms with Crippen molar-refractivity contribution in [2.45, 2.75) is 33.2 Å². The zero-order valence-electron chi connectivity index (χ0n) is 11.4. The Morgan fingerprint density at radius 1 is 1.33 bits per heavy atom. The molecular formula is C14H23N3O. The molecule has 0 radical (unpaired) electrons. The van der Waals surface area contributed by atoms with Gasteiger partial charge in [-0.05, 0) is 37.6 Å². The van der Waals surface area contributed by atoms with E-state index in [2.05, 4.69) is 29.0 Å². The second-order valence-corrected chi connectivity index (χ2v) is 4.41. The molecule has 0 bridgehead atoms. The molecule has 1 rings (SSSR count). The van der Waals surface area contributed by atoms with Crippen LogP contribution in [0.15, 0.2) is 24.5 Å². The Hall–Kier alpha value is -1.42. The molecule has 0 spiro atoms. The molecule has 0 atom stereocenters. The number of hydrogen-bond donors (Lipinski definition) is 1. The number of hydrogen-bond acceptors (Lipinski definition) is 3. The van der Waals surface area contributed by atoms with Crippen LogP contribution in [0, 0.1) is 0 Å². The van der Waals surface area contributed by atoms with Crippen LogP contribution in [0.4, 0.5) is 0 Å². The summed E-state index contributed by atoms with van der Waals surface area (Å²) in [6.07, 6.45) is 5.66. The lowest BCUT2D eigenvalue weighted by Crippen LogP contribution is -2.37. The molecule has 0 aliphatic heterocycles. The van der Waals surface area contributed by atoms with Crippen LogP contribution in [0.25, 0.3) is 0 Å². The van der Waals surface area contributed by atoms with Gasteiger partial charge in [-0.25, -0.2) is 0 Å². The molecule has 0 aliphatic rings. The summed E-state index contributed by atoms with van der Waals surface area (Å²) in [6, 6.07) is 3.84. The van der Waals surface area contributed by atoms with E-state index in [0.29, 0.717) is 13.1 Å². The highest BCUT2D eigenvalue weighted by Crippen LogP contribution is 1.96. The fourth-order valence-electron chi connectivity index (χ4n) is 1.86. The average Bonchev–Trinajstić information content (AvgIpc) is 2.38. The molecule has 1 amide bonds. The predicted octanol–water partition coefficient (Wildman–Crippen LogP) is 1.82. The van der Waals surface area contributed by atoms with E-state index in [0.717, 1.165) is 31.5 Å². The first-order valence-corrected chi connectivity index (χ1v) is 6.64. The van der Waals surface area contributed by atoms with E-state index in [4.69, 9.17) is 0 Å². The number of aromatic nitrogens is 1. The van der Waals surface area contributed by atoms with E-state index < -0.39 is 0 Å². The summed E-state index contributed by atoms with van der Waals surface area (Å²) in [6.45, 7) is 7.27. The second kappa shape index (κ2) is 8.64. The maximum Gasteiger partial charge on any atom is 0.234 e. The molecule has 0 fully saturated rings. The molecule has 4 nitrogen and oxygen atoms in total. The maximum absolute atomic E-state index is 11.8. The Bertz CT molecular complexity index is 334. The van der Waals surface area contributed by atoms with Crippen LogP contribution in [0.2, 0.25) is 0 Å². The Morgan fingerprint density at radius 2 is 2.06 bits per heavy atom. The lowest BCUT2D eigenvalue weighted by Gasteiger charge is -2.20. The normalized spacial score (nSPS) is 10.6. The molecule has 1 N–H and O–H groups in total. The standard InChI is InChI=1S/C14H23N3O/c1-3-8-17(9-4-2)12-14(18)16-11-13-6-5-7-15-10-13/h5-7,10H,3-4,8-9,11-12H2,1-2H3,(H,16,18). The summed E-state index contributed by atoms with van der Waals surface area (Å²) in [5.41, 5.74) is 1.03. The van der Waals surface area contributed by atoms with Crippen LogP contribution in [0.1, 0.15) is 32.3 Å². The lowest BCUT2D eigenvalue weighted by molar-refractivity contribution is -0.122. The molecule has 0 aromatic carbocycles. The molecule has 4 heteroatoms. The van der Waals surface area contributed by atoms with Crippen molar-refractivity contribution in [1.29, 1.82) is 0 Å². The number of nitrogens with zero attached hydrogens (tertiary/aromatic N) is 2.